The highest BCUT2D eigenvalue weighted by atomic mass is 35.5. The lowest BCUT2D eigenvalue weighted by atomic mass is 10.1. The van der Waals surface area contributed by atoms with E-state index in [0.29, 0.717) is 33.9 Å². The van der Waals surface area contributed by atoms with Gasteiger partial charge in [-0.3, -0.25) is 0 Å². The Labute approximate surface area is 108 Å². The molecule has 1 aliphatic heterocycles. The highest BCUT2D eigenvalue weighted by Gasteiger charge is 2.21. The van der Waals surface area contributed by atoms with Crippen molar-refractivity contribution in [1.29, 1.82) is 0 Å². The van der Waals surface area contributed by atoms with Crippen LogP contribution in [-0.2, 0) is 0 Å². The number of fused-ring (bicyclic) bond motifs is 1. The lowest BCUT2D eigenvalue weighted by Gasteiger charge is -2.04. The third kappa shape index (κ3) is 1.46. The van der Waals surface area contributed by atoms with Gasteiger partial charge in [-0.05, 0) is 19.1 Å². The molecule has 94 valence electrons. The van der Waals surface area contributed by atoms with Crippen molar-refractivity contribution in [3.05, 3.63) is 23.0 Å². The van der Waals surface area contributed by atoms with E-state index in [2.05, 4.69) is 4.98 Å². The van der Waals surface area contributed by atoms with Crippen LogP contribution in [0.25, 0.3) is 11.3 Å². The number of ether oxygens (including phenoxy) is 2. The van der Waals surface area contributed by atoms with E-state index in [4.69, 9.17) is 32.7 Å². The van der Waals surface area contributed by atoms with Crippen LogP contribution in [0, 0.1) is 6.92 Å². The highest BCUT2D eigenvalue weighted by molar-refractivity contribution is 6.32. The van der Waals surface area contributed by atoms with Crippen LogP contribution < -0.4 is 21.1 Å². The fourth-order valence-corrected chi connectivity index (χ4v) is 2.14. The van der Waals surface area contributed by atoms with Crippen LogP contribution in [0.5, 0.6) is 11.5 Å². The van der Waals surface area contributed by atoms with Gasteiger partial charge < -0.3 is 21.1 Å². The SMILES string of the molecule is Cc1nc(-c2cc(Cl)c3c(c2)OCO3)c(N)n1N. The fraction of sp³-hybridized carbons (Fsp3) is 0.182. The van der Waals surface area contributed by atoms with E-state index in [1.807, 2.05) is 0 Å². The third-order valence-electron chi connectivity index (χ3n) is 2.83. The highest BCUT2D eigenvalue weighted by Crippen LogP contribution is 2.42. The van der Waals surface area contributed by atoms with E-state index < -0.39 is 0 Å². The van der Waals surface area contributed by atoms with Gasteiger partial charge in [0.15, 0.2) is 17.3 Å². The average molecular weight is 267 g/mol. The Balaban J connectivity index is 2.18. The monoisotopic (exact) mass is 266 g/mol. The Hall–Kier alpha value is -2.08. The van der Waals surface area contributed by atoms with Gasteiger partial charge in [0.2, 0.25) is 6.79 Å². The number of imidazole rings is 1. The van der Waals surface area contributed by atoms with Crippen molar-refractivity contribution in [2.75, 3.05) is 18.4 Å². The lowest BCUT2D eigenvalue weighted by Crippen LogP contribution is -2.13. The average Bonchev–Trinajstić information content (AvgIpc) is 2.90. The van der Waals surface area contributed by atoms with Gasteiger partial charge in [-0.1, -0.05) is 11.6 Å². The zero-order valence-electron chi connectivity index (χ0n) is 9.61. The third-order valence-corrected chi connectivity index (χ3v) is 3.11. The Kier molecular flexibility index (Phi) is 2.27. The Morgan fingerprint density at radius 3 is 2.83 bits per heavy atom. The number of halogens is 1. The molecule has 1 aliphatic rings. The molecular formula is C11H11ClN4O2. The smallest absolute Gasteiger partial charge is 0.231 e. The number of rotatable bonds is 1. The summed E-state index contributed by atoms with van der Waals surface area (Å²) < 4.78 is 11.9. The van der Waals surface area contributed by atoms with E-state index in [1.54, 1.807) is 19.1 Å². The van der Waals surface area contributed by atoms with Gasteiger partial charge in [0.05, 0.1) is 5.02 Å². The van der Waals surface area contributed by atoms with Crippen LogP contribution in [0.3, 0.4) is 0 Å². The topological polar surface area (TPSA) is 88.3 Å². The Morgan fingerprint density at radius 1 is 1.39 bits per heavy atom. The van der Waals surface area contributed by atoms with Crippen molar-refractivity contribution in [2.45, 2.75) is 6.92 Å². The van der Waals surface area contributed by atoms with Crippen LogP contribution in [0.15, 0.2) is 12.1 Å². The quantitative estimate of drug-likeness (QED) is 0.765. The summed E-state index contributed by atoms with van der Waals surface area (Å²) in [7, 11) is 0. The molecule has 3 rings (SSSR count). The molecule has 1 aromatic heterocycles. The summed E-state index contributed by atoms with van der Waals surface area (Å²) in [6.07, 6.45) is 0. The molecule has 1 aromatic carbocycles. The van der Waals surface area contributed by atoms with Gasteiger partial charge in [0, 0.05) is 5.56 Å². The molecule has 0 aliphatic carbocycles. The molecule has 7 heteroatoms. The molecule has 2 aromatic rings. The van der Waals surface area contributed by atoms with E-state index in [1.165, 1.54) is 4.68 Å². The van der Waals surface area contributed by atoms with Crippen molar-refractivity contribution >= 4 is 17.4 Å². The first-order chi connectivity index (χ1) is 8.58. The van der Waals surface area contributed by atoms with Crippen molar-refractivity contribution in [1.82, 2.24) is 9.66 Å². The van der Waals surface area contributed by atoms with Gasteiger partial charge in [-0.15, -0.1) is 0 Å². The van der Waals surface area contributed by atoms with Gasteiger partial charge in [0.1, 0.15) is 11.5 Å². The predicted molar refractivity (Wildman–Crippen MR) is 68.1 cm³/mol. The van der Waals surface area contributed by atoms with E-state index in [-0.39, 0.29) is 6.79 Å². The Bertz CT molecular complexity index is 638. The summed E-state index contributed by atoms with van der Waals surface area (Å²) in [5.74, 6) is 7.86. The zero-order chi connectivity index (χ0) is 12.9. The summed E-state index contributed by atoms with van der Waals surface area (Å²) >= 11 is 6.11. The van der Waals surface area contributed by atoms with Gasteiger partial charge in [-0.25, -0.2) is 9.66 Å². The number of anilines is 1. The largest absolute Gasteiger partial charge is 0.454 e. The summed E-state index contributed by atoms with van der Waals surface area (Å²) in [5.41, 5.74) is 7.21. The molecule has 0 amide bonds. The molecule has 0 saturated heterocycles. The first-order valence-electron chi connectivity index (χ1n) is 5.27. The van der Waals surface area contributed by atoms with E-state index in [9.17, 15) is 0 Å². The number of aryl methyl sites for hydroxylation is 1. The number of benzene rings is 1. The lowest BCUT2D eigenvalue weighted by molar-refractivity contribution is 0.174. The van der Waals surface area contributed by atoms with Crippen LogP contribution >= 0.6 is 11.6 Å². The summed E-state index contributed by atoms with van der Waals surface area (Å²) in [4.78, 5) is 4.30. The maximum Gasteiger partial charge on any atom is 0.231 e. The van der Waals surface area contributed by atoms with Crippen LogP contribution in [0.1, 0.15) is 5.82 Å². The maximum atomic E-state index is 6.11. The number of nitrogen functional groups attached to an aromatic ring is 2. The number of aromatic nitrogens is 2. The second kappa shape index (κ2) is 3.71. The number of hydrogen-bond acceptors (Lipinski definition) is 5. The molecular weight excluding hydrogens is 256 g/mol. The molecule has 0 unspecified atom stereocenters. The molecule has 2 heterocycles. The second-order valence-corrected chi connectivity index (χ2v) is 4.36. The van der Waals surface area contributed by atoms with Crippen LogP contribution in [0.2, 0.25) is 5.02 Å². The predicted octanol–water partition coefficient (Wildman–Crippen LogP) is 1.54. The van der Waals surface area contributed by atoms with Crippen LogP contribution in [-0.4, -0.2) is 16.5 Å². The molecule has 4 N–H and O–H groups in total. The summed E-state index contributed by atoms with van der Waals surface area (Å²) in [6, 6.07) is 3.51. The molecule has 0 fully saturated rings. The normalized spacial score (nSPS) is 13.0. The molecule has 18 heavy (non-hydrogen) atoms. The minimum absolute atomic E-state index is 0.165. The minimum Gasteiger partial charge on any atom is -0.454 e. The fourth-order valence-electron chi connectivity index (χ4n) is 1.88. The molecule has 0 atom stereocenters. The maximum absolute atomic E-state index is 6.11. The van der Waals surface area contributed by atoms with Gasteiger partial charge in [-0.2, -0.15) is 0 Å². The van der Waals surface area contributed by atoms with Gasteiger partial charge >= 0.3 is 0 Å². The van der Waals surface area contributed by atoms with Crippen molar-refractivity contribution in [3.8, 4) is 22.8 Å². The number of nitrogens with two attached hydrogens (primary N) is 2. The van der Waals surface area contributed by atoms with Crippen molar-refractivity contribution in [2.24, 2.45) is 0 Å². The summed E-state index contributed by atoms with van der Waals surface area (Å²) in [6.45, 7) is 1.94. The molecule has 0 saturated carbocycles. The number of nitrogens with zero attached hydrogens (tertiary/aromatic N) is 2. The van der Waals surface area contributed by atoms with Crippen LogP contribution in [0.4, 0.5) is 5.82 Å². The number of hydrogen-bond donors (Lipinski definition) is 2. The first kappa shape index (κ1) is 11.0. The van der Waals surface area contributed by atoms with E-state index >= 15 is 0 Å². The molecule has 0 spiro atoms. The standard InChI is InChI=1S/C11H11ClN4O2/c1-5-15-9(11(13)16(5)14)6-2-7(12)10-8(3-6)17-4-18-10/h2-3H,4,13-14H2,1H3. The summed E-state index contributed by atoms with van der Waals surface area (Å²) in [5, 5.41) is 0.462. The molecule has 0 bridgehead atoms. The van der Waals surface area contributed by atoms with Gasteiger partial charge in [0.25, 0.3) is 0 Å². The Morgan fingerprint density at radius 2 is 2.17 bits per heavy atom. The zero-order valence-corrected chi connectivity index (χ0v) is 10.4. The second-order valence-electron chi connectivity index (χ2n) is 3.95. The van der Waals surface area contributed by atoms with Crippen molar-refractivity contribution < 1.29 is 9.47 Å². The van der Waals surface area contributed by atoms with E-state index in [0.717, 1.165) is 5.56 Å². The first-order valence-corrected chi connectivity index (χ1v) is 5.65. The molecule has 6 nitrogen and oxygen atoms in total. The van der Waals surface area contributed by atoms with Crippen molar-refractivity contribution in [3.63, 3.8) is 0 Å². The minimum atomic E-state index is 0.165. The molecule has 0 radical (unpaired) electrons.